The van der Waals surface area contributed by atoms with Gasteiger partial charge in [-0.25, -0.2) is 0 Å². The van der Waals surface area contributed by atoms with Gasteiger partial charge < -0.3 is 10.2 Å². The number of hydrogen-bond acceptors (Lipinski definition) is 2. The molecule has 0 atom stereocenters. The van der Waals surface area contributed by atoms with E-state index >= 15 is 0 Å². The molecule has 2 heteroatoms. The summed E-state index contributed by atoms with van der Waals surface area (Å²) in [7, 11) is 0. The van der Waals surface area contributed by atoms with Crippen LogP contribution in [0.15, 0.2) is 24.3 Å². The van der Waals surface area contributed by atoms with Crippen LogP contribution in [0.4, 0.5) is 11.4 Å². The fourth-order valence-electron chi connectivity index (χ4n) is 3.18. The molecule has 0 fully saturated rings. The lowest BCUT2D eigenvalue weighted by molar-refractivity contribution is 0.571. The second kappa shape index (κ2) is 9.70. The molecule has 21 heavy (non-hydrogen) atoms. The number of para-hydroxylation sites is 2. The number of anilines is 2. The average Bonchev–Trinajstić information content (AvgIpc) is 2.72. The van der Waals surface area contributed by atoms with Crippen molar-refractivity contribution in [3.8, 4) is 0 Å². The first-order chi connectivity index (χ1) is 10.4. The number of nitrogens with one attached hydrogen (secondary N) is 1. The minimum Gasteiger partial charge on any atom is -0.383 e. The van der Waals surface area contributed by atoms with Crippen molar-refractivity contribution in [1.29, 1.82) is 0 Å². The Morgan fingerprint density at radius 1 is 0.952 bits per heavy atom. The molecule has 0 spiro atoms. The van der Waals surface area contributed by atoms with Crippen molar-refractivity contribution >= 4 is 11.4 Å². The van der Waals surface area contributed by atoms with Gasteiger partial charge in [-0.1, -0.05) is 64.0 Å². The normalized spacial score (nSPS) is 14.4. The molecule has 0 bridgehead atoms. The molecule has 0 radical (unpaired) electrons. The second-order valence-corrected chi connectivity index (χ2v) is 6.26. The monoisotopic (exact) mass is 288 g/mol. The summed E-state index contributed by atoms with van der Waals surface area (Å²) in [4.78, 5) is 2.58. The highest BCUT2D eigenvalue weighted by Crippen LogP contribution is 2.28. The standard InChI is InChI=1S/C19H32N2/c1-2-3-4-5-6-7-8-11-16-21-17-12-15-20-18-13-9-10-14-19(18)21/h9-10,13-14,20H,2-8,11-12,15-17H2,1H3. The van der Waals surface area contributed by atoms with E-state index in [4.69, 9.17) is 0 Å². The minimum absolute atomic E-state index is 1.10. The fourth-order valence-corrected chi connectivity index (χ4v) is 3.18. The van der Waals surface area contributed by atoms with Gasteiger partial charge in [-0.15, -0.1) is 0 Å². The van der Waals surface area contributed by atoms with Crippen LogP contribution in [0, 0.1) is 0 Å². The molecular formula is C19H32N2. The minimum atomic E-state index is 1.10. The zero-order chi connectivity index (χ0) is 14.8. The van der Waals surface area contributed by atoms with Crippen molar-refractivity contribution in [1.82, 2.24) is 0 Å². The van der Waals surface area contributed by atoms with Gasteiger partial charge in [0.05, 0.1) is 11.4 Å². The third kappa shape index (κ3) is 5.61. The maximum absolute atomic E-state index is 3.54. The lowest BCUT2D eigenvalue weighted by Gasteiger charge is -2.24. The third-order valence-electron chi connectivity index (χ3n) is 4.45. The number of nitrogens with zero attached hydrogens (tertiary/aromatic N) is 1. The van der Waals surface area contributed by atoms with Crippen LogP contribution in [0.2, 0.25) is 0 Å². The van der Waals surface area contributed by atoms with Crippen molar-refractivity contribution in [2.75, 3.05) is 29.9 Å². The quantitative estimate of drug-likeness (QED) is 0.608. The van der Waals surface area contributed by atoms with E-state index in [0.29, 0.717) is 0 Å². The Bertz CT molecular complexity index is 389. The van der Waals surface area contributed by atoms with Crippen molar-refractivity contribution < 1.29 is 0 Å². The highest BCUT2D eigenvalue weighted by atomic mass is 15.2. The van der Waals surface area contributed by atoms with E-state index in [2.05, 4.69) is 41.4 Å². The van der Waals surface area contributed by atoms with Crippen molar-refractivity contribution in [3.05, 3.63) is 24.3 Å². The summed E-state index contributed by atoms with van der Waals surface area (Å²) in [5, 5.41) is 3.54. The van der Waals surface area contributed by atoms with Crippen LogP contribution in [0.25, 0.3) is 0 Å². The summed E-state index contributed by atoms with van der Waals surface area (Å²) < 4.78 is 0. The van der Waals surface area contributed by atoms with E-state index in [1.807, 2.05) is 0 Å². The molecule has 2 rings (SSSR count). The van der Waals surface area contributed by atoms with Gasteiger partial charge in [-0.05, 0) is 25.0 Å². The van der Waals surface area contributed by atoms with Crippen LogP contribution in [0.5, 0.6) is 0 Å². The Morgan fingerprint density at radius 2 is 1.67 bits per heavy atom. The van der Waals surface area contributed by atoms with Crippen LogP contribution in [-0.2, 0) is 0 Å². The van der Waals surface area contributed by atoms with E-state index < -0.39 is 0 Å². The molecule has 1 aliphatic rings. The van der Waals surface area contributed by atoms with Gasteiger partial charge in [-0.3, -0.25) is 0 Å². The predicted molar refractivity (Wildman–Crippen MR) is 94.4 cm³/mol. The summed E-state index contributed by atoms with van der Waals surface area (Å²) in [6.45, 7) is 5.80. The summed E-state index contributed by atoms with van der Waals surface area (Å²) in [6, 6.07) is 8.76. The molecule has 1 heterocycles. The van der Waals surface area contributed by atoms with Crippen LogP contribution >= 0.6 is 0 Å². The van der Waals surface area contributed by atoms with Crippen molar-refractivity contribution in [2.45, 2.75) is 64.7 Å². The number of benzene rings is 1. The third-order valence-corrected chi connectivity index (χ3v) is 4.45. The van der Waals surface area contributed by atoms with Gasteiger partial charge in [0.2, 0.25) is 0 Å². The first-order valence-electron chi connectivity index (χ1n) is 8.99. The summed E-state index contributed by atoms with van der Waals surface area (Å²) in [5.41, 5.74) is 2.72. The van der Waals surface area contributed by atoms with Crippen molar-refractivity contribution in [3.63, 3.8) is 0 Å². The van der Waals surface area contributed by atoms with Gasteiger partial charge in [0.15, 0.2) is 0 Å². The highest BCUT2D eigenvalue weighted by molar-refractivity contribution is 5.70. The Hall–Kier alpha value is -1.18. The predicted octanol–water partition coefficient (Wildman–Crippen LogP) is 5.45. The van der Waals surface area contributed by atoms with Crippen LogP contribution in [0.3, 0.4) is 0 Å². The van der Waals surface area contributed by atoms with Crippen LogP contribution in [-0.4, -0.2) is 19.6 Å². The molecule has 0 saturated carbocycles. The van der Waals surface area contributed by atoms with Gasteiger partial charge in [0.25, 0.3) is 0 Å². The molecule has 1 aromatic carbocycles. The molecule has 1 N–H and O–H groups in total. The molecule has 0 unspecified atom stereocenters. The molecule has 0 aliphatic carbocycles. The zero-order valence-electron chi connectivity index (χ0n) is 13.7. The van der Waals surface area contributed by atoms with Gasteiger partial charge in [0, 0.05) is 19.6 Å². The molecule has 0 saturated heterocycles. The van der Waals surface area contributed by atoms with Gasteiger partial charge in [-0.2, -0.15) is 0 Å². The Kier molecular flexibility index (Phi) is 7.48. The lowest BCUT2D eigenvalue weighted by atomic mass is 10.1. The largest absolute Gasteiger partial charge is 0.383 e. The summed E-state index contributed by atoms with van der Waals surface area (Å²) >= 11 is 0. The van der Waals surface area contributed by atoms with Crippen LogP contribution < -0.4 is 10.2 Å². The molecule has 0 aromatic heterocycles. The summed E-state index contributed by atoms with van der Waals surface area (Å²) in [6.07, 6.45) is 12.4. The fraction of sp³-hybridized carbons (Fsp3) is 0.684. The smallest absolute Gasteiger partial charge is 0.0602 e. The Balaban J connectivity index is 1.66. The van der Waals surface area contributed by atoms with E-state index in [9.17, 15) is 0 Å². The van der Waals surface area contributed by atoms with E-state index in [-0.39, 0.29) is 0 Å². The van der Waals surface area contributed by atoms with E-state index in [1.165, 1.54) is 82.3 Å². The molecular weight excluding hydrogens is 256 g/mol. The van der Waals surface area contributed by atoms with E-state index in [0.717, 1.165) is 6.54 Å². The Labute approximate surface area is 130 Å². The van der Waals surface area contributed by atoms with Crippen LogP contribution in [0.1, 0.15) is 64.7 Å². The molecule has 2 nitrogen and oxygen atoms in total. The average molecular weight is 288 g/mol. The number of fused-ring (bicyclic) bond motifs is 1. The topological polar surface area (TPSA) is 15.3 Å². The number of hydrogen-bond donors (Lipinski definition) is 1. The zero-order valence-corrected chi connectivity index (χ0v) is 13.7. The molecule has 118 valence electrons. The molecule has 1 aliphatic heterocycles. The van der Waals surface area contributed by atoms with E-state index in [1.54, 1.807) is 0 Å². The second-order valence-electron chi connectivity index (χ2n) is 6.26. The van der Waals surface area contributed by atoms with Crippen molar-refractivity contribution in [2.24, 2.45) is 0 Å². The number of unbranched alkanes of at least 4 members (excludes halogenated alkanes) is 7. The first kappa shape index (κ1) is 16.2. The first-order valence-corrected chi connectivity index (χ1v) is 8.99. The maximum atomic E-state index is 3.54. The van der Waals surface area contributed by atoms with Gasteiger partial charge >= 0.3 is 0 Å². The Morgan fingerprint density at radius 3 is 2.48 bits per heavy atom. The highest BCUT2D eigenvalue weighted by Gasteiger charge is 2.13. The maximum Gasteiger partial charge on any atom is 0.0602 e. The SMILES string of the molecule is CCCCCCCCCCN1CCCNc2ccccc21. The summed E-state index contributed by atoms with van der Waals surface area (Å²) in [5.74, 6) is 0. The lowest BCUT2D eigenvalue weighted by Crippen LogP contribution is -2.25. The number of rotatable bonds is 9. The molecule has 0 amide bonds. The van der Waals surface area contributed by atoms with Gasteiger partial charge in [0.1, 0.15) is 0 Å². The molecule has 1 aromatic rings.